The largest absolute Gasteiger partial charge is 0.385 e. The number of anilines is 1. The van der Waals surface area contributed by atoms with Crippen LogP contribution in [0.1, 0.15) is 38.7 Å². The highest BCUT2D eigenvalue weighted by molar-refractivity contribution is 5.86. The number of benzene rings is 1. The summed E-state index contributed by atoms with van der Waals surface area (Å²) in [7, 11) is 0. The molecular weight excluding hydrogens is 262 g/mol. The Kier molecular flexibility index (Phi) is 5.62. The highest BCUT2D eigenvalue weighted by atomic mass is 16.1. The van der Waals surface area contributed by atoms with Gasteiger partial charge in [-0.05, 0) is 38.1 Å². The average molecular weight is 289 g/mol. The van der Waals surface area contributed by atoms with Gasteiger partial charge < -0.3 is 15.5 Å². The number of likely N-dealkylation sites (N-methyl/N-ethyl adjacent to an activating group) is 1. The fourth-order valence-corrected chi connectivity index (χ4v) is 3.00. The lowest BCUT2D eigenvalue weighted by Crippen LogP contribution is -2.44. The molecule has 0 bridgehead atoms. The van der Waals surface area contributed by atoms with Crippen molar-refractivity contribution in [2.45, 2.75) is 39.2 Å². The van der Waals surface area contributed by atoms with Crippen molar-refractivity contribution in [2.75, 3.05) is 31.5 Å². The zero-order valence-electron chi connectivity index (χ0n) is 13.4. The smallest absolute Gasteiger partial charge is 0.227 e. The summed E-state index contributed by atoms with van der Waals surface area (Å²) in [6, 6.07) is 8.30. The lowest BCUT2D eigenvalue weighted by atomic mass is 9.90. The molecule has 0 aromatic heterocycles. The van der Waals surface area contributed by atoms with Gasteiger partial charge in [0.15, 0.2) is 0 Å². The summed E-state index contributed by atoms with van der Waals surface area (Å²) in [4.78, 5) is 14.9. The highest BCUT2D eigenvalue weighted by Gasteiger charge is 2.26. The summed E-state index contributed by atoms with van der Waals surface area (Å²) in [5.74, 6) is 0.130. The second-order valence-electron chi connectivity index (χ2n) is 5.75. The van der Waals surface area contributed by atoms with E-state index in [0.717, 1.165) is 43.9 Å². The minimum Gasteiger partial charge on any atom is -0.385 e. The van der Waals surface area contributed by atoms with Gasteiger partial charge in [-0.15, -0.1) is 0 Å². The van der Waals surface area contributed by atoms with Gasteiger partial charge in [0.25, 0.3) is 0 Å². The van der Waals surface area contributed by atoms with Gasteiger partial charge >= 0.3 is 0 Å². The summed E-state index contributed by atoms with van der Waals surface area (Å²) in [6.07, 6.45) is 0.862. The van der Waals surface area contributed by atoms with Crippen LogP contribution in [0, 0.1) is 0 Å². The first-order valence-electron chi connectivity index (χ1n) is 8.01. The van der Waals surface area contributed by atoms with Crippen LogP contribution in [-0.2, 0) is 4.79 Å². The molecule has 0 saturated carbocycles. The van der Waals surface area contributed by atoms with Crippen molar-refractivity contribution in [3.05, 3.63) is 29.8 Å². The highest BCUT2D eigenvalue weighted by Crippen LogP contribution is 2.31. The Balaban J connectivity index is 1.98. The number of nitrogens with zero attached hydrogens (tertiary/aromatic N) is 1. The molecule has 116 valence electrons. The third-order valence-corrected chi connectivity index (χ3v) is 4.22. The van der Waals surface area contributed by atoms with Crippen molar-refractivity contribution in [2.24, 2.45) is 0 Å². The lowest BCUT2D eigenvalue weighted by molar-refractivity contribution is -0.123. The second-order valence-corrected chi connectivity index (χ2v) is 5.75. The summed E-state index contributed by atoms with van der Waals surface area (Å²) >= 11 is 0. The first-order chi connectivity index (χ1) is 10.2. The third-order valence-electron chi connectivity index (χ3n) is 4.22. The Labute approximate surface area is 127 Å². The summed E-state index contributed by atoms with van der Waals surface area (Å²) in [6.45, 7) is 10.2. The van der Waals surface area contributed by atoms with Gasteiger partial charge in [0, 0.05) is 24.8 Å². The van der Waals surface area contributed by atoms with E-state index < -0.39 is 0 Å². The quantitative estimate of drug-likeness (QED) is 0.845. The number of fused-ring (bicyclic) bond motifs is 1. The van der Waals surface area contributed by atoms with Crippen LogP contribution in [0.25, 0.3) is 0 Å². The Morgan fingerprint density at radius 3 is 2.81 bits per heavy atom. The zero-order chi connectivity index (χ0) is 15.2. The van der Waals surface area contributed by atoms with Gasteiger partial charge in [0.05, 0.1) is 5.92 Å². The van der Waals surface area contributed by atoms with Crippen LogP contribution in [0.3, 0.4) is 0 Å². The molecule has 0 aliphatic carbocycles. The number of hydrogen-bond donors (Lipinski definition) is 2. The normalized spacial score (nSPS) is 18.8. The molecule has 2 unspecified atom stereocenters. The SMILES string of the molecule is CCN(CC)CC(C)NC(=O)C1CCNc2ccccc21. The van der Waals surface area contributed by atoms with E-state index >= 15 is 0 Å². The molecule has 1 heterocycles. The van der Waals surface area contributed by atoms with Gasteiger partial charge in [-0.25, -0.2) is 0 Å². The van der Waals surface area contributed by atoms with Crippen LogP contribution >= 0.6 is 0 Å². The Morgan fingerprint density at radius 2 is 2.10 bits per heavy atom. The molecule has 0 fully saturated rings. The maximum atomic E-state index is 12.6. The van der Waals surface area contributed by atoms with E-state index in [1.54, 1.807) is 0 Å². The van der Waals surface area contributed by atoms with Gasteiger partial charge in [-0.1, -0.05) is 32.0 Å². The maximum absolute atomic E-state index is 12.6. The minimum atomic E-state index is -0.0263. The number of nitrogens with one attached hydrogen (secondary N) is 2. The molecule has 1 aromatic carbocycles. The monoisotopic (exact) mass is 289 g/mol. The summed E-state index contributed by atoms with van der Waals surface area (Å²) in [5.41, 5.74) is 2.22. The molecule has 2 rings (SSSR count). The van der Waals surface area contributed by atoms with E-state index in [2.05, 4.69) is 42.4 Å². The van der Waals surface area contributed by atoms with Crippen LogP contribution in [0.15, 0.2) is 24.3 Å². The van der Waals surface area contributed by atoms with E-state index in [0.29, 0.717) is 0 Å². The van der Waals surface area contributed by atoms with Gasteiger partial charge in [0.1, 0.15) is 0 Å². The van der Waals surface area contributed by atoms with Gasteiger partial charge in [0.2, 0.25) is 5.91 Å². The molecule has 0 radical (unpaired) electrons. The number of carbonyl (C=O) groups excluding carboxylic acids is 1. The predicted molar refractivity (Wildman–Crippen MR) is 87.7 cm³/mol. The molecular formula is C17H27N3O. The number of para-hydroxylation sites is 1. The van der Waals surface area contributed by atoms with Gasteiger partial charge in [-0.3, -0.25) is 4.79 Å². The van der Waals surface area contributed by atoms with Crippen LogP contribution in [-0.4, -0.2) is 43.0 Å². The molecule has 2 atom stereocenters. The Bertz CT molecular complexity index is 471. The molecule has 1 aliphatic rings. The van der Waals surface area contributed by atoms with Crippen LogP contribution in [0.5, 0.6) is 0 Å². The van der Waals surface area contributed by atoms with E-state index in [4.69, 9.17) is 0 Å². The predicted octanol–water partition coefficient (Wildman–Crippen LogP) is 2.43. The first kappa shape index (κ1) is 15.8. The molecule has 2 N–H and O–H groups in total. The summed E-state index contributed by atoms with van der Waals surface area (Å²) in [5, 5.41) is 6.54. The second kappa shape index (κ2) is 7.46. The molecule has 0 saturated heterocycles. The van der Waals surface area contributed by atoms with E-state index in [9.17, 15) is 4.79 Å². The molecule has 4 heteroatoms. The molecule has 1 amide bonds. The Hall–Kier alpha value is -1.55. The lowest BCUT2D eigenvalue weighted by Gasteiger charge is -2.28. The van der Waals surface area contributed by atoms with Crippen molar-refractivity contribution in [1.29, 1.82) is 0 Å². The first-order valence-corrected chi connectivity index (χ1v) is 8.01. The van der Waals surface area contributed by atoms with Crippen molar-refractivity contribution in [3.8, 4) is 0 Å². The van der Waals surface area contributed by atoms with E-state index in [1.807, 2.05) is 18.2 Å². The fourth-order valence-electron chi connectivity index (χ4n) is 3.00. The number of rotatable bonds is 6. The molecule has 1 aromatic rings. The van der Waals surface area contributed by atoms with Crippen molar-refractivity contribution < 1.29 is 4.79 Å². The molecule has 0 spiro atoms. The average Bonchev–Trinajstić information content (AvgIpc) is 2.51. The third kappa shape index (κ3) is 3.97. The fraction of sp³-hybridized carbons (Fsp3) is 0.588. The van der Waals surface area contributed by atoms with Crippen molar-refractivity contribution >= 4 is 11.6 Å². The standard InChI is InChI=1S/C17H27N3O/c1-4-20(5-2)12-13(3)19-17(21)15-10-11-18-16-9-7-6-8-14(15)16/h6-9,13,15,18H,4-5,10-12H2,1-3H3,(H,19,21). The molecule has 1 aliphatic heterocycles. The van der Waals surface area contributed by atoms with Crippen molar-refractivity contribution in [3.63, 3.8) is 0 Å². The summed E-state index contributed by atoms with van der Waals surface area (Å²) < 4.78 is 0. The van der Waals surface area contributed by atoms with Crippen LogP contribution in [0.4, 0.5) is 5.69 Å². The van der Waals surface area contributed by atoms with Crippen LogP contribution in [0.2, 0.25) is 0 Å². The molecule has 21 heavy (non-hydrogen) atoms. The zero-order valence-corrected chi connectivity index (χ0v) is 13.4. The minimum absolute atomic E-state index is 0.0263. The number of amides is 1. The number of carbonyl (C=O) groups is 1. The molecule has 4 nitrogen and oxygen atoms in total. The number of hydrogen-bond acceptors (Lipinski definition) is 3. The Morgan fingerprint density at radius 1 is 1.38 bits per heavy atom. The van der Waals surface area contributed by atoms with Crippen LogP contribution < -0.4 is 10.6 Å². The van der Waals surface area contributed by atoms with Gasteiger partial charge in [-0.2, -0.15) is 0 Å². The van der Waals surface area contributed by atoms with E-state index in [1.165, 1.54) is 0 Å². The van der Waals surface area contributed by atoms with Crippen molar-refractivity contribution in [1.82, 2.24) is 10.2 Å². The van der Waals surface area contributed by atoms with E-state index in [-0.39, 0.29) is 17.9 Å². The topological polar surface area (TPSA) is 44.4 Å². The maximum Gasteiger partial charge on any atom is 0.227 e.